The summed E-state index contributed by atoms with van der Waals surface area (Å²) in [5, 5.41) is 3.63. The number of ether oxygens (including phenoxy) is 2. The van der Waals surface area contributed by atoms with Crippen molar-refractivity contribution in [2.45, 2.75) is 6.54 Å². The highest BCUT2D eigenvalue weighted by molar-refractivity contribution is 6.00. The second kappa shape index (κ2) is 10.6. The Morgan fingerprint density at radius 1 is 1.15 bits per heavy atom. The first-order chi connectivity index (χ1) is 16.1. The lowest BCUT2D eigenvalue weighted by atomic mass is 10.2. The molecule has 2 heterocycles. The zero-order valence-corrected chi connectivity index (χ0v) is 18.4. The topological polar surface area (TPSA) is 55.7 Å². The van der Waals surface area contributed by atoms with Crippen LogP contribution in [0, 0.1) is 11.6 Å². The van der Waals surface area contributed by atoms with Gasteiger partial charge in [-0.25, -0.2) is 8.78 Å². The van der Waals surface area contributed by atoms with E-state index >= 15 is 0 Å². The number of fused-ring (bicyclic) bond motifs is 1. The van der Waals surface area contributed by atoms with Crippen LogP contribution in [0.3, 0.4) is 0 Å². The molecule has 1 aromatic heterocycles. The van der Waals surface area contributed by atoms with E-state index in [1.807, 2.05) is 0 Å². The first-order valence-electron chi connectivity index (χ1n) is 11.0. The molecule has 1 amide bonds. The van der Waals surface area contributed by atoms with Crippen molar-refractivity contribution in [3.05, 3.63) is 78.0 Å². The predicted octanol–water partition coefficient (Wildman–Crippen LogP) is 3.59. The standard InChI is InChI=1S/C25H27F2N3O3/c1-2-13-33-24-8-4-7-22-18(24)16-23(25(31)28-9-10-29-11-14-32-15-12-29)30(22)17-19-20(26)5-3-6-21(19)27/h2-8,16H,1,9-15,17H2,(H,28,31). The number of nitrogens with zero attached hydrogens (tertiary/aromatic N) is 2. The monoisotopic (exact) mass is 455 g/mol. The molecule has 1 saturated heterocycles. The Morgan fingerprint density at radius 2 is 1.88 bits per heavy atom. The van der Waals surface area contributed by atoms with E-state index in [1.165, 1.54) is 18.2 Å². The Balaban J connectivity index is 1.65. The van der Waals surface area contributed by atoms with E-state index in [0.29, 0.717) is 55.3 Å². The number of nitrogens with one attached hydrogen (secondary N) is 1. The number of benzene rings is 2. The second-order valence-corrected chi connectivity index (χ2v) is 7.81. The molecule has 2 aromatic carbocycles. The van der Waals surface area contributed by atoms with Crippen LogP contribution in [0.4, 0.5) is 8.78 Å². The molecule has 0 unspecified atom stereocenters. The lowest BCUT2D eigenvalue weighted by Crippen LogP contribution is -2.41. The van der Waals surface area contributed by atoms with Crippen LogP contribution in [0.5, 0.6) is 5.75 Å². The third-order valence-corrected chi connectivity index (χ3v) is 5.69. The maximum atomic E-state index is 14.4. The van der Waals surface area contributed by atoms with Gasteiger partial charge < -0.3 is 19.4 Å². The molecule has 4 rings (SSSR count). The fourth-order valence-electron chi connectivity index (χ4n) is 3.97. The lowest BCUT2D eigenvalue weighted by Gasteiger charge is -2.26. The molecule has 0 spiro atoms. The molecule has 0 atom stereocenters. The minimum absolute atomic E-state index is 0.102. The van der Waals surface area contributed by atoms with E-state index < -0.39 is 11.6 Å². The Kier molecular flexibility index (Phi) is 7.36. The Bertz CT molecular complexity index is 1120. The van der Waals surface area contributed by atoms with Crippen LogP contribution in [0.25, 0.3) is 10.9 Å². The summed E-state index contributed by atoms with van der Waals surface area (Å²) in [6.07, 6.45) is 1.63. The van der Waals surface area contributed by atoms with Crippen LogP contribution in [-0.4, -0.2) is 61.4 Å². The summed E-state index contributed by atoms with van der Waals surface area (Å²) in [6, 6.07) is 10.8. The number of carbonyl (C=O) groups excluding carboxylic acids is 1. The van der Waals surface area contributed by atoms with E-state index in [-0.39, 0.29) is 18.0 Å². The molecule has 0 saturated carbocycles. The van der Waals surface area contributed by atoms with Gasteiger partial charge in [-0.15, -0.1) is 0 Å². The van der Waals surface area contributed by atoms with Crippen molar-refractivity contribution in [2.24, 2.45) is 0 Å². The fourth-order valence-corrected chi connectivity index (χ4v) is 3.97. The summed E-state index contributed by atoms with van der Waals surface area (Å²) < 4.78 is 41.6. The van der Waals surface area contributed by atoms with Gasteiger partial charge in [0.1, 0.15) is 29.7 Å². The molecule has 8 heteroatoms. The first-order valence-corrected chi connectivity index (χ1v) is 11.0. The molecule has 1 aliphatic heterocycles. The first kappa shape index (κ1) is 22.9. The Hall–Kier alpha value is -3.23. The van der Waals surface area contributed by atoms with Crippen molar-refractivity contribution in [1.82, 2.24) is 14.8 Å². The molecule has 3 aromatic rings. The third-order valence-electron chi connectivity index (χ3n) is 5.69. The van der Waals surface area contributed by atoms with Crippen molar-refractivity contribution in [2.75, 3.05) is 46.0 Å². The summed E-state index contributed by atoms with van der Waals surface area (Å²) in [5.41, 5.74) is 0.858. The van der Waals surface area contributed by atoms with Gasteiger partial charge >= 0.3 is 0 Å². The maximum absolute atomic E-state index is 14.4. The predicted molar refractivity (Wildman–Crippen MR) is 123 cm³/mol. The zero-order chi connectivity index (χ0) is 23.2. The van der Waals surface area contributed by atoms with Gasteiger partial charge in [0.15, 0.2) is 0 Å². The summed E-state index contributed by atoms with van der Waals surface area (Å²) in [6.45, 7) is 8.01. The van der Waals surface area contributed by atoms with E-state index in [4.69, 9.17) is 9.47 Å². The van der Waals surface area contributed by atoms with E-state index in [2.05, 4.69) is 16.8 Å². The van der Waals surface area contributed by atoms with Gasteiger partial charge in [0.25, 0.3) is 5.91 Å². The number of halogens is 2. The van der Waals surface area contributed by atoms with Crippen LogP contribution in [-0.2, 0) is 11.3 Å². The molecule has 0 radical (unpaired) electrons. The average molecular weight is 456 g/mol. The highest BCUT2D eigenvalue weighted by Gasteiger charge is 2.21. The van der Waals surface area contributed by atoms with Crippen LogP contribution in [0.2, 0.25) is 0 Å². The van der Waals surface area contributed by atoms with Crippen molar-refractivity contribution in [3.63, 3.8) is 0 Å². The third kappa shape index (κ3) is 5.23. The molecule has 6 nitrogen and oxygen atoms in total. The molecule has 0 aliphatic carbocycles. The molecule has 0 bridgehead atoms. The minimum atomic E-state index is -0.658. The second-order valence-electron chi connectivity index (χ2n) is 7.81. The number of rotatable bonds is 9. The normalized spacial score (nSPS) is 14.4. The molecule has 1 fully saturated rings. The molecule has 33 heavy (non-hydrogen) atoms. The van der Waals surface area contributed by atoms with Crippen molar-refractivity contribution in [1.29, 1.82) is 0 Å². The largest absolute Gasteiger partial charge is 0.489 e. The van der Waals surface area contributed by atoms with E-state index in [1.54, 1.807) is 34.9 Å². The van der Waals surface area contributed by atoms with Crippen molar-refractivity contribution >= 4 is 16.8 Å². The van der Waals surface area contributed by atoms with Gasteiger partial charge in [0.05, 0.1) is 25.3 Å². The van der Waals surface area contributed by atoms with Gasteiger partial charge in [-0.3, -0.25) is 9.69 Å². The number of carbonyl (C=O) groups is 1. The van der Waals surface area contributed by atoms with Gasteiger partial charge in [-0.1, -0.05) is 24.8 Å². The number of aromatic nitrogens is 1. The summed E-state index contributed by atoms with van der Waals surface area (Å²) >= 11 is 0. The van der Waals surface area contributed by atoms with Gasteiger partial charge in [0.2, 0.25) is 0 Å². The Morgan fingerprint density at radius 3 is 2.61 bits per heavy atom. The van der Waals surface area contributed by atoms with Crippen LogP contribution in [0.1, 0.15) is 16.1 Å². The average Bonchev–Trinajstić information content (AvgIpc) is 3.20. The lowest BCUT2D eigenvalue weighted by molar-refractivity contribution is 0.0383. The number of hydrogen-bond donors (Lipinski definition) is 1. The quantitative estimate of drug-likeness (QED) is 0.501. The van der Waals surface area contributed by atoms with Crippen molar-refractivity contribution in [3.8, 4) is 5.75 Å². The number of amides is 1. The Labute approximate surface area is 191 Å². The summed E-state index contributed by atoms with van der Waals surface area (Å²) in [4.78, 5) is 15.4. The zero-order valence-electron chi connectivity index (χ0n) is 18.4. The summed E-state index contributed by atoms with van der Waals surface area (Å²) in [5.74, 6) is -1.06. The minimum Gasteiger partial charge on any atom is -0.489 e. The molecule has 1 aliphatic rings. The molecule has 174 valence electrons. The molecule has 1 N–H and O–H groups in total. The number of morpholine rings is 1. The van der Waals surface area contributed by atoms with Crippen LogP contribution >= 0.6 is 0 Å². The van der Waals surface area contributed by atoms with Crippen molar-refractivity contribution < 1.29 is 23.0 Å². The van der Waals surface area contributed by atoms with Gasteiger partial charge in [-0.05, 0) is 30.3 Å². The van der Waals surface area contributed by atoms with Crippen LogP contribution < -0.4 is 10.1 Å². The van der Waals surface area contributed by atoms with Gasteiger partial charge in [-0.2, -0.15) is 0 Å². The maximum Gasteiger partial charge on any atom is 0.268 e. The van der Waals surface area contributed by atoms with Crippen LogP contribution in [0.15, 0.2) is 55.1 Å². The summed E-state index contributed by atoms with van der Waals surface area (Å²) in [7, 11) is 0. The SMILES string of the molecule is C=CCOc1cccc2c1cc(C(=O)NCCN1CCOCC1)n2Cc1c(F)cccc1F. The highest BCUT2D eigenvalue weighted by Crippen LogP contribution is 2.30. The van der Waals surface area contributed by atoms with Gasteiger partial charge in [0, 0.05) is 37.1 Å². The van der Waals surface area contributed by atoms with E-state index in [9.17, 15) is 13.6 Å². The highest BCUT2D eigenvalue weighted by atomic mass is 19.1. The van der Waals surface area contributed by atoms with E-state index in [0.717, 1.165) is 13.1 Å². The fraction of sp³-hybridized carbons (Fsp3) is 0.320. The smallest absolute Gasteiger partial charge is 0.268 e. The molecular weight excluding hydrogens is 428 g/mol. The molecular formula is C25H27F2N3O3. The number of hydrogen-bond acceptors (Lipinski definition) is 4.